The van der Waals surface area contributed by atoms with Crippen molar-refractivity contribution >= 4 is 17.2 Å². The lowest BCUT2D eigenvalue weighted by Crippen LogP contribution is -2.08. The predicted molar refractivity (Wildman–Crippen MR) is 98.4 cm³/mol. The summed E-state index contributed by atoms with van der Waals surface area (Å²) in [5.41, 5.74) is 2.94. The highest BCUT2D eigenvalue weighted by Crippen LogP contribution is 2.19. The van der Waals surface area contributed by atoms with E-state index in [9.17, 15) is 0 Å². The minimum absolute atomic E-state index is 0.669. The molecule has 0 saturated carbocycles. The summed E-state index contributed by atoms with van der Waals surface area (Å²) >= 11 is 1.76. The Morgan fingerprint density at radius 2 is 2.00 bits per heavy atom. The third kappa shape index (κ3) is 3.94. The maximum Gasteiger partial charge on any atom is 0.180 e. The van der Waals surface area contributed by atoms with Crippen molar-refractivity contribution < 1.29 is 0 Å². The molecule has 0 saturated heterocycles. The van der Waals surface area contributed by atoms with E-state index in [0.717, 1.165) is 47.3 Å². The molecule has 0 spiro atoms. The summed E-state index contributed by atoms with van der Waals surface area (Å²) in [6.07, 6.45) is 3.57. The van der Waals surface area contributed by atoms with Crippen molar-refractivity contribution in [2.45, 2.75) is 33.6 Å². The summed E-state index contributed by atoms with van der Waals surface area (Å²) in [6, 6.07) is 7.79. The molecule has 0 aliphatic heterocycles. The Morgan fingerprint density at radius 1 is 1.12 bits per heavy atom. The lowest BCUT2D eigenvalue weighted by Gasteiger charge is -2.09. The number of aryl methyl sites for hydroxylation is 3. The van der Waals surface area contributed by atoms with Gasteiger partial charge in [0.05, 0.1) is 10.7 Å². The first-order chi connectivity index (χ1) is 11.7. The second kappa shape index (κ2) is 7.49. The van der Waals surface area contributed by atoms with E-state index in [0.29, 0.717) is 5.82 Å². The molecule has 0 radical (unpaired) electrons. The van der Waals surface area contributed by atoms with E-state index in [1.165, 1.54) is 4.88 Å². The Labute approximate surface area is 146 Å². The molecule has 3 rings (SSSR count). The minimum Gasteiger partial charge on any atom is -0.370 e. The maximum atomic E-state index is 4.61. The Kier molecular flexibility index (Phi) is 5.15. The highest BCUT2D eigenvalue weighted by atomic mass is 32.1. The van der Waals surface area contributed by atoms with Gasteiger partial charge in [0.2, 0.25) is 0 Å². The van der Waals surface area contributed by atoms with Crippen molar-refractivity contribution in [3.05, 3.63) is 51.7 Å². The fourth-order valence-electron chi connectivity index (χ4n) is 2.49. The van der Waals surface area contributed by atoms with Crippen molar-refractivity contribution in [1.29, 1.82) is 0 Å². The molecule has 0 bridgehead atoms. The van der Waals surface area contributed by atoms with Crippen LogP contribution < -0.4 is 5.32 Å². The third-order valence-electron chi connectivity index (χ3n) is 3.69. The zero-order valence-corrected chi connectivity index (χ0v) is 15.0. The van der Waals surface area contributed by atoms with E-state index in [4.69, 9.17) is 0 Å². The van der Waals surface area contributed by atoms with Gasteiger partial charge < -0.3 is 5.32 Å². The van der Waals surface area contributed by atoms with Gasteiger partial charge in [-0.3, -0.25) is 4.98 Å². The molecule has 6 heteroatoms. The molecule has 0 atom stereocenters. The highest BCUT2D eigenvalue weighted by Gasteiger charge is 2.08. The molecule has 0 unspecified atom stereocenters. The molecular formula is C18H21N5S. The number of hydrogen-bond acceptors (Lipinski definition) is 6. The number of aromatic nitrogens is 4. The van der Waals surface area contributed by atoms with Crippen LogP contribution in [-0.4, -0.2) is 26.5 Å². The van der Waals surface area contributed by atoms with E-state index >= 15 is 0 Å². The first kappa shape index (κ1) is 16.5. The van der Waals surface area contributed by atoms with E-state index in [1.54, 1.807) is 17.5 Å². The first-order valence-electron chi connectivity index (χ1n) is 8.12. The van der Waals surface area contributed by atoms with Crippen LogP contribution in [0, 0.1) is 13.8 Å². The third-order valence-corrected chi connectivity index (χ3v) is 4.83. The molecule has 3 aromatic heterocycles. The Bertz CT molecular complexity index is 814. The van der Waals surface area contributed by atoms with Crippen LogP contribution in [0.3, 0.4) is 0 Å². The van der Waals surface area contributed by atoms with Crippen molar-refractivity contribution in [3.63, 3.8) is 0 Å². The Hall–Kier alpha value is -2.34. The van der Waals surface area contributed by atoms with Crippen LogP contribution in [0.5, 0.6) is 0 Å². The van der Waals surface area contributed by atoms with Gasteiger partial charge >= 0.3 is 0 Å². The number of pyridine rings is 1. The lowest BCUT2D eigenvalue weighted by molar-refractivity contribution is 0.968. The van der Waals surface area contributed by atoms with Crippen LogP contribution in [0.25, 0.3) is 11.5 Å². The molecule has 5 nitrogen and oxygen atoms in total. The van der Waals surface area contributed by atoms with E-state index < -0.39 is 0 Å². The molecule has 3 aromatic rings. The van der Waals surface area contributed by atoms with Crippen LogP contribution in [0.4, 0.5) is 5.82 Å². The SMILES string of the molecule is CCc1cc(NCCc2sc(C)nc2C)nc(-c2ccccn2)n1. The average Bonchev–Trinajstić information content (AvgIpc) is 2.93. The Balaban J connectivity index is 1.74. The quantitative estimate of drug-likeness (QED) is 0.739. The molecule has 0 aliphatic carbocycles. The number of thiazole rings is 1. The molecule has 3 heterocycles. The van der Waals surface area contributed by atoms with Crippen molar-refractivity contribution in [2.75, 3.05) is 11.9 Å². The average molecular weight is 339 g/mol. The summed E-state index contributed by atoms with van der Waals surface area (Å²) in [5, 5.41) is 4.54. The minimum atomic E-state index is 0.669. The van der Waals surface area contributed by atoms with Crippen LogP contribution in [0.15, 0.2) is 30.5 Å². The fourth-order valence-corrected chi connectivity index (χ4v) is 3.42. The summed E-state index contributed by atoms with van der Waals surface area (Å²) in [6.45, 7) is 7.03. The molecule has 0 aromatic carbocycles. The van der Waals surface area contributed by atoms with Crippen molar-refractivity contribution in [2.24, 2.45) is 0 Å². The van der Waals surface area contributed by atoms with Gasteiger partial charge in [0.1, 0.15) is 11.5 Å². The van der Waals surface area contributed by atoms with Gasteiger partial charge in [-0.1, -0.05) is 13.0 Å². The Morgan fingerprint density at radius 3 is 2.67 bits per heavy atom. The number of anilines is 1. The largest absolute Gasteiger partial charge is 0.370 e. The van der Waals surface area contributed by atoms with Gasteiger partial charge in [-0.25, -0.2) is 15.0 Å². The number of rotatable bonds is 6. The first-order valence-corrected chi connectivity index (χ1v) is 8.93. The lowest BCUT2D eigenvalue weighted by atomic mass is 10.2. The number of nitrogens with one attached hydrogen (secondary N) is 1. The molecule has 0 amide bonds. The predicted octanol–water partition coefficient (Wildman–Crippen LogP) is 3.83. The van der Waals surface area contributed by atoms with Crippen LogP contribution in [-0.2, 0) is 12.8 Å². The molecular weight excluding hydrogens is 318 g/mol. The maximum absolute atomic E-state index is 4.61. The summed E-state index contributed by atoms with van der Waals surface area (Å²) in [4.78, 5) is 19.3. The van der Waals surface area contributed by atoms with Gasteiger partial charge in [-0.05, 0) is 32.4 Å². The molecule has 0 aliphatic rings. The second-order valence-electron chi connectivity index (χ2n) is 5.55. The van der Waals surface area contributed by atoms with E-state index in [-0.39, 0.29) is 0 Å². The number of nitrogens with zero attached hydrogens (tertiary/aromatic N) is 4. The van der Waals surface area contributed by atoms with E-state index in [1.807, 2.05) is 31.2 Å². The van der Waals surface area contributed by atoms with Gasteiger partial charge in [0, 0.05) is 35.8 Å². The topological polar surface area (TPSA) is 63.6 Å². The molecule has 124 valence electrons. The van der Waals surface area contributed by atoms with Gasteiger partial charge in [-0.2, -0.15) is 0 Å². The molecule has 24 heavy (non-hydrogen) atoms. The smallest absolute Gasteiger partial charge is 0.180 e. The normalized spacial score (nSPS) is 10.8. The zero-order chi connectivity index (χ0) is 16.9. The van der Waals surface area contributed by atoms with Crippen molar-refractivity contribution in [3.8, 4) is 11.5 Å². The standard InChI is InChI=1S/C18H21N5S/c1-4-14-11-17(20-10-8-16-12(2)21-13(3)24-16)23-18(22-14)15-7-5-6-9-19-15/h5-7,9,11H,4,8,10H2,1-3H3,(H,20,22,23). The highest BCUT2D eigenvalue weighted by molar-refractivity contribution is 7.11. The summed E-state index contributed by atoms with van der Waals surface area (Å²) < 4.78 is 0. The second-order valence-corrected chi connectivity index (χ2v) is 6.84. The van der Waals surface area contributed by atoms with Crippen LogP contribution in [0.1, 0.15) is 28.2 Å². The van der Waals surface area contributed by atoms with Crippen molar-refractivity contribution in [1.82, 2.24) is 19.9 Å². The van der Waals surface area contributed by atoms with Gasteiger partial charge in [0.25, 0.3) is 0 Å². The van der Waals surface area contributed by atoms with E-state index in [2.05, 4.69) is 39.1 Å². The molecule has 1 N–H and O–H groups in total. The van der Waals surface area contributed by atoms with Gasteiger partial charge in [0.15, 0.2) is 5.82 Å². The van der Waals surface area contributed by atoms with Crippen LogP contribution >= 0.6 is 11.3 Å². The summed E-state index contributed by atoms with van der Waals surface area (Å²) in [5.74, 6) is 1.52. The number of hydrogen-bond donors (Lipinski definition) is 1. The monoisotopic (exact) mass is 339 g/mol. The van der Waals surface area contributed by atoms with Gasteiger partial charge in [-0.15, -0.1) is 11.3 Å². The summed E-state index contributed by atoms with van der Waals surface area (Å²) in [7, 11) is 0. The fraction of sp³-hybridized carbons (Fsp3) is 0.333. The van der Waals surface area contributed by atoms with Crippen LogP contribution in [0.2, 0.25) is 0 Å². The molecule has 0 fully saturated rings. The zero-order valence-electron chi connectivity index (χ0n) is 14.2.